The second-order valence-electron chi connectivity index (χ2n) is 6.10. The third-order valence-corrected chi connectivity index (χ3v) is 4.28. The summed E-state index contributed by atoms with van der Waals surface area (Å²) in [6.07, 6.45) is 0. The Morgan fingerprint density at radius 2 is 1.89 bits per heavy atom. The normalized spacial score (nSPS) is 11.5. The SMILES string of the molecule is Cc1cc(C(=O)NCc2cccc(O)c2)cc(Cl)c1C(=O)N[C@@H](CN)C(=O)O. The molecule has 2 aromatic carbocycles. The van der Waals surface area contributed by atoms with Gasteiger partial charge < -0.3 is 26.6 Å². The number of halogens is 1. The maximum absolute atomic E-state index is 12.4. The molecule has 28 heavy (non-hydrogen) atoms. The van der Waals surface area contributed by atoms with Crippen LogP contribution in [0.25, 0.3) is 0 Å². The van der Waals surface area contributed by atoms with Crippen LogP contribution in [0.4, 0.5) is 0 Å². The molecule has 0 aliphatic rings. The number of carbonyl (C=O) groups is 3. The monoisotopic (exact) mass is 405 g/mol. The van der Waals surface area contributed by atoms with Gasteiger partial charge in [-0.2, -0.15) is 0 Å². The standard InChI is InChI=1S/C19H20ClN3O5/c1-10-5-12(17(25)22-9-11-3-2-4-13(24)6-11)7-14(20)16(10)18(26)23-15(8-21)19(27)28/h2-7,15,24H,8-9,21H2,1H3,(H,22,25)(H,23,26)(H,27,28)/t15-/m0/s1. The van der Waals surface area contributed by atoms with Gasteiger partial charge in [-0.15, -0.1) is 0 Å². The predicted octanol–water partition coefficient (Wildman–Crippen LogP) is 1.43. The second kappa shape index (κ2) is 9.20. The molecule has 0 saturated heterocycles. The molecule has 8 nitrogen and oxygen atoms in total. The number of phenolic OH excluding ortho intramolecular Hbond substituents is 1. The number of nitrogens with two attached hydrogens (primary N) is 1. The number of carboxylic acids is 1. The largest absolute Gasteiger partial charge is 0.508 e. The van der Waals surface area contributed by atoms with Gasteiger partial charge in [0.15, 0.2) is 0 Å². The summed E-state index contributed by atoms with van der Waals surface area (Å²) in [5, 5.41) is 23.5. The van der Waals surface area contributed by atoms with Crippen LogP contribution >= 0.6 is 11.6 Å². The van der Waals surface area contributed by atoms with Gasteiger partial charge in [0.2, 0.25) is 0 Å². The van der Waals surface area contributed by atoms with E-state index in [4.69, 9.17) is 22.4 Å². The van der Waals surface area contributed by atoms with Crippen LogP contribution in [0.3, 0.4) is 0 Å². The first-order chi connectivity index (χ1) is 13.2. The number of nitrogens with one attached hydrogen (secondary N) is 2. The molecular formula is C19H20ClN3O5. The zero-order valence-corrected chi connectivity index (χ0v) is 15.8. The van der Waals surface area contributed by atoms with E-state index in [1.54, 1.807) is 19.1 Å². The van der Waals surface area contributed by atoms with Crippen LogP contribution in [0.15, 0.2) is 36.4 Å². The van der Waals surface area contributed by atoms with Crippen molar-refractivity contribution in [3.63, 3.8) is 0 Å². The number of hydrogen-bond acceptors (Lipinski definition) is 5. The molecule has 0 bridgehead atoms. The van der Waals surface area contributed by atoms with Crippen molar-refractivity contribution in [2.24, 2.45) is 5.73 Å². The number of aryl methyl sites for hydroxylation is 1. The zero-order chi connectivity index (χ0) is 20.8. The number of phenols is 1. The summed E-state index contributed by atoms with van der Waals surface area (Å²) >= 11 is 6.17. The molecule has 148 valence electrons. The molecular weight excluding hydrogens is 386 g/mol. The minimum Gasteiger partial charge on any atom is -0.508 e. The van der Waals surface area contributed by atoms with E-state index in [0.717, 1.165) is 0 Å². The summed E-state index contributed by atoms with van der Waals surface area (Å²) in [4.78, 5) is 35.7. The Morgan fingerprint density at radius 3 is 2.46 bits per heavy atom. The third-order valence-electron chi connectivity index (χ3n) is 3.98. The number of rotatable bonds is 7. The minimum absolute atomic E-state index is 0.0150. The Balaban J connectivity index is 2.14. The Bertz CT molecular complexity index is 893. The summed E-state index contributed by atoms with van der Waals surface area (Å²) in [6, 6.07) is 8.04. The van der Waals surface area contributed by atoms with Crippen molar-refractivity contribution in [3.8, 4) is 5.75 Å². The van der Waals surface area contributed by atoms with Crippen molar-refractivity contribution in [2.45, 2.75) is 19.5 Å². The van der Waals surface area contributed by atoms with Crippen molar-refractivity contribution in [1.82, 2.24) is 10.6 Å². The van der Waals surface area contributed by atoms with Crippen LogP contribution in [0, 0.1) is 6.92 Å². The van der Waals surface area contributed by atoms with E-state index in [1.807, 2.05) is 0 Å². The van der Waals surface area contributed by atoms with Gasteiger partial charge in [-0.3, -0.25) is 9.59 Å². The smallest absolute Gasteiger partial charge is 0.327 e. The van der Waals surface area contributed by atoms with E-state index in [1.165, 1.54) is 24.3 Å². The summed E-state index contributed by atoms with van der Waals surface area (Å²) in [5.41, 5.74) is 6.78. The highest BCUT2D eigenvalue weighted by molar-refractivity contribution is 6.34. The number of amides is 2. The summed E-state index contributed by atoms with van der Waals surface area (Å²) in [6.45, 7) is 1.52. The van der Waals surface area contributed by atoms with E-state index in [-0.39, 0.29) is 35.0 Å². The minimum atomic E-state index is -1.26. The molecule has 0 saturated carbocycles. The summed E-state index contributed by atoms with van der Waals surface area (Å²) in [7, 11) is 0. The molecule has 0 aliphatic heterocycles. The lowest BCUT2D eigenvalue weighted by atomic mass is 10.0. The average Bonchev–Trinajstić information content (AvgIpc) is 2.63. The van der Waals surface area contributed by atoms with Gasteiger partial charge in [0.1, 0.15) is 11.8 Å². The van der Waals surface area contributed by atoms with Gasteiger partial charge in [-0.05, 0) is 42.3 Å². The molecule has 6 N–H and O–H groups in total. The molecule has 9 heteroatoms. The lowest BCUT2D eigenvalue weighted by Crippen LogP contribution is -2.46. The van der Waals surface area contributed by atoms with Crippen LogP contribution < -0.4 is 16.4 Å². The van der Waals surface area contributed by atoms with E-state index < -0.39 is 23.8 Å². The predicted molar refractivity (Wildman–Crippen MR) is 103 cm³/mol. The molecule has 0 fully saturated rings. The van der Waals surface area contributed by atoms with E-state index in [0.29, 0.717) is 11.1 Å². The van der Waals surface area contributed by atoms with Gasteiger partial charge in [-0.1, -0.05) is 23.7 Å². The number of carbonyl (C=O) groups excluding carboxylic acids is 2. The van der Waals surface area contributed by atoms with Crippen molar-refractivity contribution in [2.75, 3.05) is 6.54 Å². The zero-order valence-electron chi connectivity index (χ0n) is 15.0. The highest BCUT2D eigenvalue weighted by Gasteiger charge is 2.22. The van der Waals surface area contributed by atoms with Crippen LogP contribution in [-0.2, 0) is 11.3 Å². The maximum Gasteiger partial charge on any atom is 0.327 e. The Morgan fingerprint density at radius 1 is 1.18 bits per heavy atom. The highest BCUT2D eigenvalue weighted by Crippen LogP contribution is 2.23. The number of carboxylic acid groups (broad SMARTS) is 1. The van der Waals surface area contributed by atoms with Crippen molar-refractivity contribution in [1.29, 1.82) is 0 Å². The van der Waals surface area contributed by atoms with Gasteiger partial charge in [-0.25, -0.2) is 4.79 Å². The summed E-state index contributed by atoms with van der Waals surface area (Å²) in [5.74, 6) is -2.26. The molecule has 0 radical (unpaired) electrons. The first kappa shape index (κ1) is 21.2. The molecule has 0 unspecified atom stereocenters. The second-order valence-corrected chi connectivity index (χ2v) is 6.51. The van der Waals surface area contributed by atoms with Crippen LogP contribution in [-0.4, -0.2) is 40.6 Å². The van der Waals surface area contributed by atoms with E-state index >= 15 is 0 Å². The lowest BCUT2D eigenvalue weighted by Gasteiger charge is -2.15. The first-order valence-corrected chi connectivity index (χ1v) is 8.70. The van der Waals surface area contributed by atoms with Crippen molar-refractivity contribution in [3.05, 3.63) is 63.7 Å². The number of hydrogen-bond donors (Lipinski definition) is 5. The molecule has 2 amide bonds. The third kappa shape index (κ3) is 5.21. The van der Waals surface area contributed by atoms with Gasteiger partial charge in [0, 0.05) is 18.7 Å². The average molecular weight is 406 g/mol. The van der Waals surface area contributed by atoms with Gasteiger partial charge in [0.25, 0.3) is 11.8 Å². The van der Waals surface area contributed by atoms with E-state index in [9.17, 15) is 19.5 Å². The van der Waals surface area contributed by atoms with Crippen LogP contribution in [0.5, 0.6) is 5.75 Å². The molecule has 0 aromatic heterocycles. The number of aromatic hydroxyl groups is 1. The molecule has 0 spiro atoms. The molecule has 1 atom stereocenters. The molecule has 2 aromatic rings. The van der Waals surface area contributed by atoms with Crippen LogP contribution in [0.1, 0.15) is 31.8 Å². The number of aliphatic carboxylic acids is 1. The fourth-order valence-corrected chi connectivity index (χ4v) is 2.92. The maximum atomic E-state index is 12.4. The lowest BCUT2D eigenvalue weighted by molar-refractivity contribution is -0.138. The van der Waals surface area contributed by atoms with Gasteiger partial charge >= 0.3 is 5.97 Å². The van der Waals surface area contributed by atoms with Crippen LogP contribution in [0.2, 0.25) is 5.02 Å². The Kier molecular flexibility index (Phi) is 6.97. The number of benzene rings is 2. The molecule has 0 aliphatic carbocycles. The molecule has 0 heterocycles. The van der Waals surface area contributed by atoms with Crippen molar-refractivity contribution >= 4 is 29.4 Å². The quantitative estimate of drug-likeness (QED) is 0.471. The van der Waals surface area contributed by atoms with Crippen molar-refractivity contribution < 1.29 is 24.6 Å². The topological polar surface area (TPSA) is 142 Å². The fraction of sp³-hybridized carbons (Fsp3) is 0.211. The first-order valence-electron chi connectivity index (χ1n) is 8.33. The Hall–Kier alpha value is -3.10. The fourth-order valence-electron chi connectivity index (χ4n) is 2.57. The Labute approximate surface area is 166 Å². The highest BCUT2D eigenvalue weighted by atomic mass is 35.5. The molecule has 2 rings (SSSR count). The van der Waals surface area contributed by atoms with Gasteiger partial charge in [0.05, 0.1) is 10.6 Å². The van der Waals surface area contributed by atoms with E-state index in [2.05, 4.69) is 10.6 Å². The summed E-state index contributed by atoms with van der Waals surface area (Å²) < 4.78 is 0.